The lowest BCUT2D eigenvalue weighted by Crippen LogP contribution is -2.47. The van der Waals surface area contributed by atoms with Crippen molar-refractivity contribution in [2.45, 2.75) is 45.3 Å². The average Bonchev–Trinajstić information content (AvgIpc) is 2.56. The highest BCUT2D eigenvalue weighted by atomic mass is 16.5. The summed E-state index contributed by atoms with van der Waals surface area (Å²) in [5.41, 5.74) is 1.09. The van der Waals surface area contributed by atoms with Crippen LogP contribution in [0.15, 0.2) is 24.3 Å². The number of hydrogen-bond donors (Lipinski definition) is 1. The quantitative estimate of drug-likeness (QED) is 0.830. The van der Waals surface area contributed by atoms with Gasteiger partial charge in [0.25, 0.3) is 0 Å². The summed E-state index contributed by atoms with van der Waals surface area (Å²) in [6.45, 7) is 7.47. The molecule has 0 saturated carbocycles. The van der Waals surface area contributed by atoms with Crippen molar-refractivity contribution in [2.75, 3.05) is 33.8 Å². The van der Waals surface area contributed by atoms with E-state index in [-0.39, 0.29) is 5.91 Å². The molecule has 5 nitrogen and oxygen atoms in total. The van der Waals surface area contributed by atoms with Gasteiger partial charge in [0.15, 0.2) is 0 Å². The van der Waals surface area contributed by atoms with Crippen LogP contribution in [0.1, 0.15) is 32.3 Å². The number of hydrogen-bond acceptors (Lipinski definition) is 4. The van der Waals surface area contributed by atoms with Gasteiger partial charge < -0.3 is 15.0 Å². The van der Waals surface area contributed by atoms with Gasteiger partial charge in [-0.15, -0.1) is 0 Å². The molecule has 0 aliphatic carbocycles. The number of amides is 1. The minimum Gasteiger partial charge on any atom is -0.497 e. The van der Waals surface area contributed by atoms with E-state index in [1.807, 2.05) is 31.3 Å². The lowest BCUT2D eigenvalue weighted by Gasteiger charge is -2.33. The number of piperidine rings is 1. The zero-order chi connectivity index (χ0) is 17.5. The summed E-state index contributed by atoms with van der Waals surface area (Å²) in [6, 6.07) is 8.99. The Morgan fingerprint density at radius 1 is 1.38 bits per heavy atom. The van der Waals surface area contributed by atoms with Crippen molar-refractivity contribution in [2.24, 2.45) is 0 Å². The summed E-state index contributed by atoms with van der Waals surface area (Å²) in [4.78, 5) is 16.5. The van der Waals surface area contributed by atoms with Crippen LogP contribution in [0.25, 0.3) is 0 Å². The van der Waals surface area contributed by atoms with Gasteiger partial charge in [0, 0.05) is 38.8 Å². The van der Waals surface area contributed by atoms with E-state index in [0.717, 1.165) is 37.2 Å². The number of carbonyl (C=O) groups is 1. The molecule has 1 aromatic rings. The number of ether oxygens (including phenoxy) is 1. The molecule has 1 aliphatic rings. The predicted molar refractivity (Wildman–Crippen MR) is 97.2 cm³/mol. The Kier molecular flexibility index (Phi) is 7.06. The molecule has 0 unspecified atom stereocenters. The van der Waals surface area contributed by atoms with Gasteiger partial charge >= 0.3 is 0 Å². The van der Waals surface area contributed by atoms with Crippen LogP contribution in [-0.2, 0) is 11.3 Å². The minimum absolute atomic E-state index is 0.174. The third-order valence-electron chi connectivity index (χ3n) is 4.50. The fourth-order valence-electron chi connectivity index (χ4n) is 3.17. The second-order valence-electron chi connectivity index (χ2n) is 6.97. The Morgan fingerprint density at radius 3 is 2.71 bits per heavy atom. The Balaban J connectivity index is 1.77. The maximum absolute atomic E-state index is 12.5. The van der Waals surface area contributed by atoms with E-state index in [4.69, 9.17) is 4.74 Å². The first-order chi connectivity index (χ1) is 11.5. The van der Waals surface area contributed by atoms with Crippen LogP contribution >= 0.6 is 0 Å². The summed E-state index contributed by atoms with van der Waals surface area (Å²) in [7, 11) is 3.53. The Morgan fingerprint density at radius 2 is 2.08 bits per heavy atom. The summed E-state index contributed by atoms with van der Waals surface area (Å²) in [5, 5.41) is 3.59. The van der Waals surface area contributed by atoms with Crippen LogP contribution in [0.5, 0.6) is 5.75 Å². The number of carbonyl (C=O) groups excluding carboxylic acids is 1. The van der Waals surface area contributed by atoms with Crippen LogP contribution in [-0.4, -0.2) is 61.6 Å². The number of likely N-dealkylation sites (tertiary alicyclic amines) is 1. The van der Waals surface area contributed by atoms with Crippen molar-refractivity contribution < 1.29 is 9.53 Å². The zero-order valence-corrected chi connectivity index (χ0v) is 15.4. The highest BCUT2D eigenvalue weighted by molar-refractivity contribution is 5.78. The van der Waals surface area contributed by atoms with E-state index in [1.165, 1.54) is 0 Å². The molecule has 1 saturated heterocycles. The monoisotopic (exact) mass is 333 g/mol. The Bertz CT molecular complexity index is 525. The van der Waals surface area contributed by atoms with E-state index < -0.39 is 0 Å². The molecule has 1 heterocycles. The van der Waals surface area contributed by atoms with E-state index >= 15 is 0 Å². The van der Waals surface area contributed by atoms with Gasteiger partial charge in [-0.1, -0.05) is 26.0 Å². The van der Waals surface area contributed by atoms with Crippen molar-refractivity contribution in [3.63, 3.8) is 0 Å². The molecule has 1 N–H and O–H groups in total. The molecule has 0 radical (unpaired) electrons. The number of methoxy groups -OCH3 is 1. The zero-order valence-electron chi connectivity index (χ0n) is 15.4. The molecule has 24 heavy (non-hydrogen) atoms. The summed E-state index contributed by atoms with van der Waals surface area (Å²) >= 11 is 0. The summed E-state index contributed by atoms with van der Waals surface area (Å²) < 4.78 is 5.24. The van der Waals surface area contributed by atoms with Crippen molar-refractivity contribution in [1.29, 1.82) is 0 Å². The third-order valence-corrected chi connectivity index (χ3v) is 4.50. The van der Waals surface area contributed by atoms with Crippen molar-refractivity contribution >= 4 is 5.91 Å². The largest absolute Gasteiger partial charge is 0.497 e. The maximum atomic E-state index is 12.5. The molecule has 5 heteroatoms. The van der Waals surface area contributed by atoms with Crippen LogP contribution in [0.4, 0.5) is 0 Å². The standard InChI is InChI=1S/C19H31N3O2/c1-15(2)20-17-8-10-22(11-9-17)14-19(23)21(3)13-16-6-5-7-18(12-16)24-4/h5-7,12,15,17,20H,8-11,13-14H2,1-4H3. The van der Waals surface area contributed by atoms with Crippen LogP contribution < -0.4 is 10.1 Å². The molecule has 134 valence electrons. The van der Waals surface area contributed by atoms with Gasteiger partial charge in [-0.3, -0.25) is 9.69 Å². The number of nitrogens with zero attached hydrogens (tertiary/aromatic N) is 2. The molecule has 1 amide bonds. The normalized spacial score (nSPS) is 16.4. The fourth-order valence-corrected chi connectivity index (χ4v) is 3.17. The van der Waals surface area contributed by atoms with Crippen molar-refractivity contribution in [3.05, 3.63) is 29.8 Å². The van der Waals surface area contributed by atoms with Gasteiger partial charge in [-0.2, -0.15) is 0 Å². The molecular formula is C19H31N3O2. The third kappa shape index (κ3) is 5.80. The predicted octanol–water partition coefficient (Wildman–Crippen LogP) is 2.12. The first kappa shape index (κ1) is 18.7. The lowest BCUT2D eigenvalue weighted by molar-refractivity contribution is -0.131. The van der Waals surface area contributed by atoms with Gasteiger partial charge in [0.05, 0.1) is 13.7 Å². The molecule has 1 aromatic carbocycles. The number of rotatable bonds is 7. The van der Waals surface area contributed by atoms with Gasteiger partial charge in [-0.05, 0) is 30.5 Å². The highest BCUT2D eigenvalue weighted by Gasteiger charge is 2.22. The number of likely N-dealkylation sites (N-methyl/N-ethyl adjacent to an activating group) is 1. The van der Waals surface area contributed by atoms with Gasteiger partial charge in [0.1, 0.15) is 5.75 Å². The molecule has 0 spiro atoms. The van der Waals surface area contributed by atoms with E-state index in [0.29, 0.717) is 25.2 Å². The Hall–Kier alpha value is -1.59. The van der Waals surface area contributed by atoms with E-state index in [9.17, 15) is 4.79 Å². The molecule has 0 bridgehead atoms. The first-order valence-corrected chi connectivity index (χ1v) is 8.83. The molecule has 1 aliphatic heterocycles. The molecule has 1 fully saturated rings. The SMILES string of the molecule is COc1cccc(CN(C)C(=O)CN2CCC(NC(C)C)CC2)c1. The maximum Gasteiger partial charge on any atom is 0.236 e. The number of nitrogens with one attached hydrogen (secondary N) is 1. The van der Waals surface area contributed by atoms with Crippen LogP contribution in [0, 0.1) is 0 Å². The summed E-state index contributed by atoms with van der Waals surface area (Å²) in [6.07, 6.45) is 2.23. The van der Waals surface area contributed by atoms with E-state index in [2.05, 4.69) is 24.1 Å². The Labute approximate surface area is 146 Å². The average molecular weight is 333 g/mol. The molecule has 0 atom stereocenters. The van der Waals surface area contributed by atoms with Crippen molar-refractivity contribution in [3.8, 4) is 5.75 Å². The van der Waals surface area contributed by atoms with Gasteiger partial charge in [0.2, 0.25) is 5.91 Å². The highest BCUT2D eigenvalue weighted by Crippen LogP contribution is 2.15. The first-order valence-electron chi connectivity index (χ1n) is 8.83. The van der Waals surface area contributed by atoms with E-state index in [1.54, 1.807) is 12.0 Å². The lowest BCUT2D eigenvalue weighted by atomic mass is 10.0. The second kappa shape index (κ2) is 9.04. The second-order valence-corrected chi connectivity index (χ2v) is 6.97. The smallest absolute Gasteiger partial charge is 0.236 e. The molecule has 0 aromatic heterocycles. The van der Waals surface area contributed by atoms with Gasteiger partial charge in [-0.25, -0.2) is 0 Å². The van der Waals surface area contributed by atoms with Crippen LogP contribution in [0.2, 0.25) is 0 Å². The minimum atomic E-state index is 0.174. The topological polar surface area (TPSA) is 44.8 Å². The molecular weight excluding hydrogens is 302 g/mol. The van der Waals surface area contributed by atoms with Crippen LogP contribution in [0.3, 0.4) is 0 Å². The molecule has 2 rings (SSSR count). The fraction of sp³-hybridized carbons (Fsp3) is 0.632. The van der Waals surface area contributed by atoms with Crippen molar-refractivity contribution in [1.82, 2.24) is 15.1 Å². The number of benzene rings is 1. The summed E-state index contributed by atoms with van der Waals surface area (Å²) in [5.74, 6) is 1.00.